The first-order valence-corrected chi connectivity index (χ1v) is 11.6. The Hall–Kier alpha value is -2.40. The predicted molar refractivity (Wildman–Crippen MR) is 111 cm³/mol. The molecule has 1 aromatic heterocycles. The molecule has 0 saturated carbocycles. The Morgan fingerprint density at radius 1 is 1.16 bits per heavy atom. The van der Waals surface area contributed by atoms with E-state index < -0.39 is 40.7 Å². The Balaban J connectivity index is 1.48. The van der Waals surface area contributed by atoms with E-state index in [0.29, 0.717) is 25.8 Å². The van der Waals surface area contributed by atoms with Crippen molar-refractivity contribution in [3.63, 3.8) is 0 Å². The van der Waals surface area contributed by atoms with Crippen LogP contribution in [0.4, 0.5) is 4.39 Å². The molecule has 31 heavy (non-hydrogen) atoms. The van der Waals surface area contributed by atoms with Crippen LogP contribution in [0.1, 0.15) is 24.8 Å². The molecule has 3 N–H and O–H groups in total. The number of nitrogens with one attached hydrogen (secondary N) is 2. The molecule has 8 nitrogen and oxygen atoms in total. The van der Waals surface area contributed by atoms with Gasteiger partial charge in [0.25, 0.3) is 0 Å². The number of hydrogen-bond acceptors (Lipinski definition) is 6. The molecule has 1 aromatic carbocycles. The molecule has 0 spiro atoms. The normalized spacial score (nSPS) is 21.5. The highest BCUT2D eigenvalue weighted by Crippen LogP contribution is 2.23. The van der Waals surface area contributed by atoms with Gasteiger partial charge in [-0.15, -0.1) is 0 Å². The first kappa shape index (κ1) is 23.3. The molecule has 1 fully saturated rings. The minimum atomic E-state index is -3.89. The number of aliphatic hydroxyl groups excluding tert-OH is 1. The molecule has 0 aliphatic carbocycles. The van der Waals surface area contributed by atoms with Crippen LogP contribution in [0.2, 0.25) is 0 Å². The van der Waals surface area contributed by atoms with E-state index in [2.05, 4.69) is 15.0 Å². The van der Waals surface area contributed by atoms with Gasteiger partial charge in [-0.25, -0.2) is 17.5 Å². The summed E-state index contributed by atoms with van der Waals surface area (Å²) in [6.45, 7) is 0.0931. The largest absolute Gasteiger partial charge is 0.394 e. The number of aromatic nitrogens is 1. The second kappa shape index (κ2) is 10.8. The third-order valence-electron chi connectivity index (χ3n) is 5.12. The van der Waals surface area contributed by atoms with Crippen molar-refractivity contribution in [2.24, 2.45) is 0 Å². The highest BCUT2D eigenvalue weighted by Gasteiger charge is 2.34. The number of aliphatic hydroxyl groups is 1. The number of halogens is 1. The number of benzene rings is 1. The lowest BCUT2D eigenvalue weighted by atomic mass is 9.98. The van der Waals surface area contributed by atoms with Crippen LogP contribution in [-0.4, -0.2) is 55.8 Å². The molecule has 168 valence electrons. The lowest BCUT2D eigenvalue weighted by Crippen LogP contribution is -2.51. The second-order valence-electron chi connectivity index (χ2n) is 7.40. The van der Waals surface area contributed by atoms with Gasteiger partial charge in [-0.3, -0.25) is 9.78 Å². The molecule has 3 atom stereocenters. The minimum Gasteiger partial charge on any atom is -0.394 e. The number of rotatable bonds is 9. The number of hydrogen-bond donors (Lipinski definition) is 3. The summed E-state index contributed by atoms with van der Waals surface area (Å²) in [7, 11) is -3.89. The van der Waals surface area contributed by atoms with Gasteiger partial charge in [0.1, 0.15) is 5.82 Å². The summed E-state index contributed by atoms with van der Waals surface area (Å²) in [6.07, 6.45) is 3.89. The van der Waals surface area contributed by atoms with Crippen LogP contribution in [0, 0.1) is 5.82 Å². The lowest BCUT2D eigenvalue weighted by molar-refractivity contribution is -0.130. The van der Waals surface area contributed by atoms with Crippen molar-refractivity contribution < 1.29 is 27.4 Å². The zero-order valence-corrected chi connectivity index (χ0v) is 17.7. The Morgan fingerprint density at radius 2 is 1.87 bits per heavy atom. The molecule has 3 rings (SSSR count). The van der Waals surface area contributed by atoms with Crippen LogP contribution in [0.3, 0.4) is 0 Å². The number of amides is 1. The van der Waals surface area contributed by atoms with Gasteiger partial charge in [0.05, 0.1) is 36.2 Å². The molecule has 1 amide bonds. The summed E-state index contributed by atoms with van der Waals surface area (Å²) >= 11 is 0. The molecule has 1 aliphatic rings. The van der Waals surface area contributed by atoms with Crippen molar-refractivity contribution in [3.05, 3.63) is 60.2 Å². The van der Waals surface area contributed by atoms with Gasteiger partial charge < -0.3 is 15.2 Å². The Morgan fingerprint density at radius 3 is 2.55 bits per heavy atom. The molecular weight excluding hydrogens is 425 g/mol. The van der Waals surface area contributed by atoms with Gasteiger partial charge >= 0.3 is 0 Å². The van der Waals surface area contributed by atoms with Gasteiger partial charge in [0.15, 0.2) is 0 Å². The van der Waals surface area contributed by atoms with E-state index >= 15 is 0 Å². The van der Waals surface area contributed by atoms with E-state index in [1.807, 2.05) is 12.1 Å². The van der Waals surface area contributed by atoms with E-state index in [-0.39, 0.29) is 17.2 Å². The summed E-state index contributed by atoms with van der Waals surface area (Å²) in [5.74, 6) is -0.698. The summed E-state index contributed by atoms with van der Waals surface area (Å²) < 4.78 is 46.4. The predicted octanol–water partition coefficient (Wildman–Crippen LogP) is 1.16. The molecule has 1 saturated heterocycles. The SMILES string of the molecule is O=C(C[C@H]1CC[C@H](NS(=O)(=O)c2ccc(F)cc2)[C@@H](CO)O1)NCCc1ccncc1. The van der Waals surface area contributed by atoms with Crippen LogP contribution in [0.5, 0.6) is 0 Å². The maximum Gasteiger partial charge on any atom is 0.240 e. The second-order valence-corrected chi connectivity index (χ2v) is 9.11. The molecule has 2 heterocycles. The summed E-state index contributed by atoms with van der Waals surface area (Å²) in [5, 5.41) is 12.5. The number of ether oxygens (including phenoxy) is 1. The average molecular weight is 452 g/mol. The maximum absolute atomic E-state index is 13.1. The van der Waals surface area contributed by atoms with Gasteiger partial charge in [0, 0.05) is 18.9 Å². The fraction of sp³-hybridized carbons (Fsp3) is 0.429. The van der Waals surface area contributed by atoms with Crippen molar-refractivity contribution in [1.82, 2.24) is 15.0 Å². The Kier molecular flexibility index (Phi) is 8.08. The average Bonchev–Trinajstić information content (AvgIpc) is 2.75. The third kappa shape index (κ3) is 6.79. The van der Waals surface area contributed by atoms with Crippen molar-refractivity contribution in [2.75, 3.05) is 13.2 Å². The highest BCUT2D eigenvalue weighted by molar-refractivity contribution is 7.89. The lowest BCUT2D eigenvalue weighted by Gasteiger charge is -2.35. The number of carbonyl (C=O) groups is 1. The van der Waals surface area contributed by atoms with Gasteiger partial charge in [0.2, 0.25) is 15.9 Å². The van der Waals surface area contributed by atoms with Crippen LogP contribution >= 0.6 is 0 Å². The molecule has 2 aromatic rings. The van der Waals surface area contributed by atoms with Gasteiger partial charge in [-0.1, -0.05) is 0 Å². The van der Waals surface area contributed by atoms with Crippen molar-refractivity contribution >= 4 is 15.9 Å². The standard InChI is InChI=1S/C21H26FN3O5S/c22-16-1-4-18(5-2-16)31(28,29)25-19-6-3-17(30-20(19)14-26)13-21(27)24-12-9-15-7-10-23-11-8-15/h1-2,4-5,7-8,10-11,17,19-20,25-26H,3,6,9,12-14H2,(H,24,27)/t17-,19+,20-/m1/s1. The van der Waals surface area contributed by atoms with Crippen LogP contribution in [0.25, 0.3) is 0 Å². The highest BCUT2D eigenvalue weighted by atomic mass is 32.2. The van der Waals surface area contributed by atoms with Gasteiger partial charge in [-0.05, 0) is 61.2 Å². The zero-order valence-electron chi connectivity index (χ0n) is 16.9. The summed E-state index contributed by atoms with van der Waals surface area (Å²) in [5.41, 5.74) is 1.07. The number of sulfonamides is 1. The molecule has 0 radical (unpaired) electrons. The smallest absolute Gasteiger partial charge is 0.240 e. The Labute approximate surface area is 180 Å². The summed E-state index contributed by atoms with van der Waals surface area (Å²) in [4.78, 5) is 16.1. The third-order valence-corrected chi connectivity index (χ3v) is 6.63. The number of carbonyl (C=O) groups excluding carboxylic acids is 1. The minimum absolute atomic E-state index is 0.0683. The monoisotopic (exact) mass is 451 g/mol. The summed E-state index contributed by atoms with van der Waals surface area (Å²) in [6, 6.07) is 7.61. The maximum atomic E-state index is 13.1. The molecule has 0 unspecified atom stereocenters. The van der Waals surface area contributed by atoms with Crippen LogP contribution in [0.15, 0.2) is 53.7 Å². The van der Waals surface area contributed by atoms with Crippen LogP contribution < -0.4 is 10.0 Å². The molecule has 0 bridgehead atoms. The van der Waals surface area contributed by atoms with E-state index in [0.717, 1.165) is 17.7 Å². The number of pyridine rings is 1. The van der Waals surface area contributed by atoms with E-state index in [1.165, 1.54) is 12.1 Å². The van der Waals surface area contributed by atoms with Crippen LogP contribution in [-0.2, 0) is 26.0 Å². The Bertz CT molecular complexity index is 957. The quantitative estimate of drug-likeness (QED) is 0.527. The first-order chi connectivity index (χ1) is 14.9. The number of nitrogens with zero attached hydrogens (tertiary/aromatic N) is 1. The fourth-order valence-corrected chi connectivity index (χ4v) is 4.77. The first-order valence-electron chi connectivity index (χ1n) is 10.1. The van der Waals surface area contributed by atoms with Crippen molar-refractivity contribution in [2.45, 2.75) is 48.8 Å². The van der Waals surface area contributed by atoms with Crippen molar-refractivity contribution in [3.8, 4) is 0 Å². The van der Waals surface area contributed by atoms with Gasteiger partial charge in [-0.2, -0.15) is 0 Å². The van der Waals surface area contributed by atoms with Crippen molar-refractivity contribution in [1.29, 1.82) is 0 Å². The zero-order chi connectivity index (χ0) is 22.3. The van der Waals surface area contributed by atoms with E-state index in [4.69, 9.17) is 4.74 Å². The van der Waals surface area contributed by atoms with E-state index in [9.17, 15) is 22.7 Å². The topological polar surface area (TPSA) is 118 Å². The fourth-order valence-electron chi connectivity index (χ4n) is 3.47. The molecular formula is C21H26FN3O5S. The molecule has 10 heteroatoms. The van der Waals surface area contributed by atoms with E-state index in [1.54, 1.807) is 12.4 Å². The molecule has 1 aliphatic heterocycles.